The van der Waals surface area contributed by atoms with Crippen LogP contribution in [0.4, 0.5) is 23.7 Å². The molecule has 1 aliphatic heterocycles. The van der Waals surface area contributed by atoms with Crippen LogP contribution in [0.3, 0.4) is 0 Å². The van der Waals surface area contributed by atoms with Gasteiger partial charge in [-0.1, -0.05) is 22.8 Å². The number of hydrogen-bond donors (Lipinski definition) is 2. The van der Waals surface area contributed by atoms with Gasteiger partial charge < -0.3 is 20.1 Å². The molecule has 2 amide bonds. The van der Waals surface area contributed by atoms with Crippen molar-refractivity contribution in [3.05, 3.63) is 45.4 Å². The Morgan fingerprint density at radius 1 is 1.29 bits per heavy atom. The molecule has 3 aromatic rings. The first-order valence-corrected chi connectivity index (χ1v) is 12.5. The van der Waals surface area contributed by atoms with E-state index in [0.29, 0.717) is 12.5 Å². The van der Waals surface area contributed by atoms with Gasteiger partial charge in [0.25, 0.3) is 0 Å². The summed E-state index contributed by atoms with van der Waals surface area (Å²) >= 11 is 7.50. The van der Waals surface area contributed by atoms with Gasteiger partial charge in [0.2, 0.25) is 0 Å². The maximum atomic E-state index is 12.9. The van der Waals surface area contributed by atoms with Gasteiger partial charge in [0.1, 0.15) is 5.69 Å². The van der Waals surface area contributed by atoms with E-state index in [1.807, 2.05) is 6.92 Å². The molecule has 6 nitrogen and oxygen atoms in total. The number of rotatable bonds is 7. The zero-order chi connectivity index (χ0) is 24.3. The first-order chi connectivity index (χ1) is 16.2. The van der Waals surface area contributed by atoms with E-state index < -0.39 is 22.8 Å². The highest BCUT2D eigenvalue weighted by Gasteiger charge is 2.34. The highest BCUT2D eigenvalue weighted by Crippen LogP contribution is 2.38. The molecule has 0 radical (unpaired) electrons. The molecule has 1 aromatic carbocycles. The van der Waals surface area contributed by atoms with Gasteiger partial charge in [-0.05, 0) is 69.8 Å². The van der Waals surface area contributed by atoms with E-state index in [0.717, 1.165) is 68.2 Å². The van der Waals surface area contributed by atoms with Gasteiger partial charge in [-0.15, -0.1) is 11.3 Å². The molecule has 11 heteroatoms. The second-order valence-electron chi connectivity index (χ2n) is 8.51. The maximum absolute atomic E-state index is 12.9. The molecule has 0 spiro atoms. The summed E-state index contributed by atoms with van der Waals surface area (Å²) in [6, 6.07) is 2.85. The number of amides is 2. The number of urea groups is 1. The molecule has 2 aromatic heterocycles. The van der Waals surface area contributed by atoms with Crippen molar-refractivity contribution in [2.24, 2.45) is 0 Å². The first kappa shape index (κ1) is 24.8. The second kappa shape index (κ2) is 10.5. The highest BCUT2D eigenvalue weighted by atomic mass is 35.5. The number of likely N-dealkylation sites (tertiary alicyclic amines) is 1. The van der Waals surface area contributed by atoms with Crippen LogP contribution in [0.5, 0.6) is 0 Å². The van der Waals surface area contributed by atoms with Gasteiger partial charge in [0.15, 0.2) is 5.58 Å². The molecule has 3 heterocycles. The number of alkyl halides is 3. The van der Waals surface area contributed by atoms with E-state index in [4.69, 9.17) is 16.1 Å². The van der Waals surface area contributed by atoms with Crippen LogP contribution in [0, 0.1) is 6.92 Å². The number of carbonyl (C=O) groups excluding carboxylic acids is 1. The quantitative estimate of drug-likeness (QED) is 0.346. The third-order valence-corrected chi connectivity index (χ3v) is 7.61. The maximum Gasteiger partial charge on any atom is 0.417 e. The fraction of sp³-hybridized carbons (Fsp3) is 0.478. The summed E-state index contributed by atoms with van der Waals surface area (Å²) in [4.78, 5) is 14.5. The number of nitrogens with one attached hydrogen (secondary N) is 2. The van der Waals surface area contributed by atoms with Crippen molar-refractivity contribution < 1.29 is 22.5 Å². The molecule has 0 unspecified atom stereocenters. The van der Waals surface area contributed by atoms with Crippen LogP contribution in [-0.2, 0) is 6.18 Å². The third kappa shape index (κ3) is 5.67. The lowest BCUT2D eigenvalue weighted by molar-refractivity contribution is -0.137. The first-order valence-electron chi connectivity index (χ1n) is 11.2. The summed E-state index contributed by atoms with van der Waals surface area (Å²) < 4.78 is 45.5. The zero-order valence-electron chi connectivity index (χ0n) is 18.7. The number of carbonyl (C=O) groups is 1. The van der Waals surface area contributed by atoms with E-state index >= 15 is 0 Å². The van der Waals surface area contributed by atoms with Gasteiger partial charge in [0.05, 0.1) is 21.0 Å². The zero-order valence-corrected chi connectivity index (χ0v) is 20.2. The second-order valence-corrected chi connectivity index (χ2v) is 9.77. The van der Waals surface area contributed by atoms with Crippen molar-refractivity contribution in [1.82, 2.24) is 15.4 Å². The van der Waals surface area contributed by atoms with Crippen LogP contribution < -0.4 is 10.6 Å². The predicted octanol–water partition coefficient (Wildman–Crippen LogP) is 6.65. The molecule has 1 fully saturated rings. The van der Waals surface area contributed by atoms with Crippen molar-refractivity contribution in [2.75, 3.05) is 31.5 Å². The molecular formula is C23H26ClF3N4O2S. The Balaban J connectivity index is 1.15. The number of piperidine rings is 1. The summed E-state index contributed by atoms with van der Waals surface area (Å²) in [5, 5.41) is 11.0. The largest absolute Gasteiger partial charge is 0.417 e. The number of benzene rings is 1. The van der Waals surface area contributed by atoms with Crippen molar-refractivity contribution in [2.45, 2.75) is 44.7 Å². The molecule has 2 N–H and O–H groups in total. The fourth-order valence-electron chi connectivity index (χ4n) is 4.23. The van der Waals surface area contributed by atoms with Gasteiger partial charge in [-0.25, -0.2) is 4.79 Å². The van der Waals surface area contributed by atoms with Crippen molar-refractivity contribution in [3.63, 3.8) is 0 Å². The number of halogens is 4. The third-order valence-electron chi connectivity index (χ3n) is 6.10. The average molecular weight is 515 g/mol. The number of aryl methyl sites for hydroxylation is 1. The van der Waals surface area contributed by atoms with E-state index in [9.17, 15) is 18.0 Å². The summed E-state index contributed by atoms with van der Waals surface area (Å²) in [5.41, 5.74) is 2.09. The number of hydrogen-bond acceptors (Lipinski definition) is 5. The monoisotopic (exact) mass is 514 g/mol. The van der Waals surface area contributed by atoms with E-state index in [2.05, 4.69) is 26.1 Å². The molecule has 184 valence electrons. The number of anilines is 1. The molecule has 0 atom stereocenters. The van der Waals surface area contributed by atoms with Crippen molar-refractivity contribution in [3.8, 4) is 0 Å². The van der Waals surface area contributed by atoms with Gasteiger partial charge in [0, 0.05) is 18.0 Å². The Kier molecular flexibility index (Phi) is 7.69. The fourth-order valence-corrected chi connectivity index (χ4v) is 5.54. The Morgan fingerprint density at radius 3 is 2.79 bits per heavy atom. The SMILES string of the molecule is Cc1csc2c(C3CCN(CCCCNC(=O)Nc4cccc(C(F)(F)F)c4Cl)CC3)noc12. The number of nitrogens with zero attached hydrogens (tertiary/aromatic N) is 2. The smallest absolute Gasteiger partial charge is 0.355 e. The Labute approximate surface area is 204 Å². The topological polar surface area (TPSA) is 70.4 Å². The minimum Gasteiger partial charge on any atom is -0.355 e. The molecule has 0 aliphatic carbocycles. The molecule has 0 bridgehead atoms. The van der Waals surface area contributed by atoms with Crippen LogP contribution in [0.15, 0.2) is 28.1 Å². The molecular weight excluding hydrogens is 489 g/mol. The molecule has 1 aliphatic rings. The minimum absolute atomic E-state index is 0.0704. The summed E-state index contributed by atoms with van der Waals surface area (Å²) in [6.45, 7) is 5.38. The van der Waals surface area contributed by atoms with E-state index in [-0.39, 0.29) is 5.69 Å². The molecule has 34 heavy (non-hydrogen) atoms. The van der Waals surface area contributed by atoms with Gasteiger partial charge >= 0.3 is 12.2 Å². The summed E-state index contributed by atoms with van der Waals surface area (Å²) in [6.07, 6.45) is -0.826. The van der Waals surface area contributed by atoms with E-state index in [1.165, 1.54) is 16.8 Å². The van der Waals surface area contributed by atoms with Crippen LogP contribution in [0.2, 0.25) is 5.02 Å². The van der Waals surface area contributed by atoms with Gasteiger partial charge in [-0.3, -0.25) is 0 Å². The lowest BCUT2D eigenvalue weighted by atomic mass is 9.93. The lowest BCUT2D eigenvalue weighted by Crippen LogP contribution is -2.34. The predicted molar refractivity (Wildman–Crippen MR) is 128 cm³/mol. The number of fused-ring (bicyclic) bond motifs is 1. The summed E-state index contributed by atoms with van der Waals surface area (Å²) in [5.74, 6) is 0.420. The highest BCUT2D eigenvalue weighted by molar-refractivity contribution is 7.17. The molecule has 1 saturated heterocycles. The van der Waals surface area contributed by atoms with Gasteiger partial charge in [-0.2, -0.15) is 13.2 Å². The average Bonchev–Trinajstić information content (AvgIpc) is 3.37. The minimum atomic E-state index is -4.58. The Morgan fingerprint density at radius 2 is 2.06 bits per heavy atom. The number of aromatic nitrogens is 1. The summed E-state index contributed by atoms with van der Waals surface area (Å²) in [7, 11) is 0. The number of unbranched alkanes of at least 4 members (excludes halogenated alkanes) is 1. The normalized spacial score (nSPS) is 15.7. The lowest BCUT2D eigenvalue weighted by Gasteiger charge is -2.31. The van der Waals surface area contributed by atoms with Crippen molar-refractivity contribution in [1.29, 1.82) is 0 Å². The Hall–Kier alpha value is -2.30. The van der Waals surface area contributed by atoms with Crippen LogP contribution in [0.25, 0.3) is 10.3 Å². The van der Waals surface area contributed by atoms with Crippen LogP contribution >= 0.6 is 22.9 Å². The standard InChI is InChI=1S/C23H26ClF3N4O2S/c1-14-13-34-21-19(30-33-20(14)21)15-7-11-31(12-8-15)10-3-2-9-28-22(32)29-17-6-4-5-16(18(17)24)23(25,26)27/h4-6,13,15H,2-3,7-12H2,1H3,(H2,28,29,32). The van der Waals surface area contributed by atoms with Crippen LogP contribution in [0.1, 0.15) is 48.4 Å². The number of thiophene rings is 1. The molecule has 0 saturated carbocycles. The molecule has 4 rings (SSSR count). The van der Waals surface area contributed by atoms with E-state index in [1.54, 1.807) is 11.3 Å². The van der Waals surface area contributed by atoms with Crippen molar-refractivity contribution >= 4 is 44.9 Å². The Bertz CT molecular complexity index is 1140. The van der Waals surface area contributed by atoms with Crippen LogP contribution in [-0.4, -0.2) is 42.3 Å².